The fourth-order valence-electron chi connectivity index (χ4n) is 2.02. The van der Waals surface area contributed by atoms with E-state index in [0.717, 1.165) is 0 Å². The van der Waals surface area contributed by atoms with E-state index in [-0.39, 0.29) is 16.7 Å². The maximum atomic E-state index is 12.6. The van der Waals surface area contributed by atoms with Gasteiger partial charge in [-0.3, -0.25) is 4.79 Å². The van der Waals surface area contributed by atoms with Gasteiger partial charge in [-0.15, -0.1) is 0 Å². The Morgan fingerprint density at radius 1 is 0.917 bits per heavy atom. The van der Waals surface area contributed by atoms with Crippen LogP contribution >= 0.6 is 15.9 Å². The van der Waals surface area contributed by atoms with Crippen molar-refractivity contribution < 1.29 is 23.9 Å². The largest absolute Gasteiger partial charge is 0.465 e. The van der Waals surface area contributed by atoms with Gasteiger partial charge in [0.25, 0.3) is 5.91 Å². The van der Waals surface area contributed by atoms with Gasteiger partial charge in [0.15, 0.2) is 0 Å². The molecule has 0 aliphatic heterocycles. The summed E-state index contributed by atoms with van der Waals surface area (Å²) in [7, 11) is 2.45. The quantitative estimate of drug-likeness (QED) is 0.808. The van der Waals surface area contributed by atoms with Crippen molar-refractivity contribution in [3.63, 3.8) is 0 Å². The molecule has 0 aliphatic carbocycles. The van der Waals surface area contributed by atoms with E-state index in [1.165, 1.54) is 32.4 Å². The van der Waals surface area contributed by atoms with Crippen molar-refractivity contribution in [1.29, 1.82) is 0 Å². The Hall–Kier alpha value is -2.67. The number of para-hydroxylation sites is 1. The molecule has 1 amide bonds. The fraction of sp³-hybridized carbons (Fsp3) is 0.118. The second-order valence-corrected chi connectivity index (χ2v) is 5.53. The summed E-state index contributed by atoms with van der Waals surface area (Å²) >= 11 is 3.33. The average Bonchev–Trinajstić information content (AvgIpc) is 2.61. The van der Waals surface area contributed by atoms with Crippen molar-refractivity contribution in [3.8, 4) is 0 Å². The Morgan fingerprint density at radius 3 is 2.21 bits per heavy atom. The zero-order valence-corrected chi connectivity index (χ0v) is 14.5. The number of ether oxygens (including phenoxy) is 2. The van der Waals surface area contributed by atoms with Crippen LogP contribution in [0.1, 0.15) is 31.1 Å². The van der Waals surface area contributed by atoms with Crippen LogP contribution in [0.4, 0.5) is 5.69 Å². The smallest absolute Gasteiger partial charge is 0.338 e. The van der Waals surface area contributed by atoms with Crippen LogP contribution in [0.15, 0.2) is 46.9 Å². The lowest BCUT2D eigenvalue weighted by atomic mass is 10.0. The van der Waals surface area contributed by atoms with Crippen LogP contribution in [-0.4, -0.2) is 32.1 Å². The normalized spacial score (nSPS) is 9.96. The molecule has 124 valence electrons. The third-order valence-electron chi connectivity index (χ3n) is 3.21. The minimum atomic E-state index is -0.677. The van der Waals surface area contributed by atoms with Gasteiger partial charge in [0.1, 0.15) is 0 Å². The molecule has 0 heterocycles. The van der Waals surface area contributed by atoms with Crippen LogP contribution in [0.3, 0.4) is 0 Å². The number of halogens is 1. The summed E-state index contributed by atoms with van der Waals surface area (Å²) in [5.74, 6) is -1.84. The lowest BCUT2D eigenvalue weighted by Gasteiger charge is -2.11. The summed E-state index contributed by atoms with van der Waals surface area (Å²) in [5.41, 5.74) is 0.749. The van der Waals surface area contributed by atoms with Crippen LogP contribution < -0.4 is 5.32 Å². The van der Waals surface area contributed by atoms with E-state index in [0.29, 0.717) is 10.2 Å². The number of amides is 1. The fourth-order valence-corrected chi connectivity index (χ4v) is 2.40. The van der Waals surface area contributed by atoms with Crippen LogP contribution in [-0.2, 0) is 9.47 Å². The van der Waals surface area contributed by atoms with Crippen LogP contribution in [0.2, 0.25) is 0 Å². The van der Waals surface area contributed by atoms with Crippen molar-refractivity contribution in [2.75, 3.05) is 19.5 Å². The number of esters is 2. The SMILES string of the molecule is COC(=O)c1ccc(C(=O)OC)c(C(=O)Nc2ccccc2Br)c1. The molecule has 0 atom stereocenters. The van der Waals surface area contributed by atoms with Crippen molar-refractivity contribution in [2.45, 2.75) is 0 Å². The second-order valence-electron chi connectivity index (χ2n) is 4.68. The molecule has 2 aromatic rings. The molecule has 0 aromatic heterocycles. The zero-order valence-electron chi connectivity index (χ0n) is 13.0. The molecule has 0 saturated heterocycles. The summed E-state index contributed by atoms with van der Waals surface area (Å²) in [6, 6.07) is 11.1. The highest BCUT2D eigenvalue weighted by atomic mass is 79.9. The van der Waals surface area contributed by atoms with Crippen LogP contribution in [0.25, 0.3) is 0 Å². The van der Waals surface area contributed by atoms with Crippen molar-refractivity contribution in [2.24, 2.45) is 0 Å². The van der Waals surface area contributed by atoms with E-state index in [2.05, 4.69) is 30.7 Å². The molecule has 1 N–H and O–H groups in total. The molecule has 0 unspecified atom stereocenters. The van der Waals surface area contributed by atoms with Crippen molar-refractivity contribution >= 4 is 39.5 Å². The van der Waals surface area contributed by atoms with E-state index in [4.69, 9.17) is 0 Å². The van der Waals surface area contributed by atoms with Gasteiger partial charge < -0.3 is 14.8 Å². The van der Waals surface area contributed by atoms with Crippen molar-refractivity contribution in [3.05, 3.63) is 63.6 Å². The van der Waals surface area contributed by atoms with Crippen molar-refractivity contribution in [1.82, 2.24) is 0 Å². The predicted molar refractivity (Wildman–Crippen MR) is 91.2 cm³/mol. The highest BCUT2D eigenvalue weighted by Crippen LogP contribution is 2.23. The number of hydrogen-bond acceptors (Lipinski definition) is 5. The topological polar surface area (TPSA) is 81.7 Å². The van der Waals surface area contributed by atoms with Gasteiger partial charge in [0.2, 0.25) is 0 Å². The first-order valence-corrected chi connectivity index (χ1v) is 7.63. The monoisotopic (exact) mass is 391 g/mol. The summed E-state index contributed by atoms with van der Waals surface area (Å²) in [4.78, 5) is 36.1. The number of nitrogens with one attached hydrogen (secondary N) is 1. The van der Waals surface area contributed by atoms with Crippen LogP contribution in [0.5, 0.6) is 0 Å². The average molecular weight is 392 g/mol. The summed E-state index contributed by atoms with van der Waals surface area (Å²) in [6.45, 7) is 0. The number of anilines is 1. The van der Waals surface area contributed by atoms with E-state index < -0.39 is 17.8 Å². The van der Waals surface area contributed by atoms with Gasteiger partial charge >= 0.3 is 11.9 Å². The molecule has 2 rings (SSSR count). The molecule has 0 fully saturated rings. The van der Waals surface area contributed by atoms with Gasteiger partial charge in [0.05, 0.1) is 36.6 Å². The number of rotatable bonds is 4. The maximum absolute atomic E-state index is 12.6. The number of benzene rings is 2. The van der Waals surface area contributed by atoms with Gasteiger partial charge in [-0.25, -0.2) is 9.59 Å². The minimum Gasteiger partial charge on any atom is -0.465 e. The Bertz CT molecular complexity index is 803. The number of hydrogen-bond donors (Lipinski definition) is 1. The van der Waals surface area contributed by atoms with Crippen LogP contribution in [0, 0.1) is 0 Å². The Labute approximate surface area is 146 Å². The lowest BCUT2D eigenvalue weighted by molar-refractivity contribution is 0.0585. The summed E-state index contributed by atoms with van der Waals surface area (Å²) < 4.78 is 10.0. The molecular formula is C17H14BrNO5. The Kier molecular flexibility index (Phi) is 5.70. The van der Waals surface area contributed by atoms with Gasteiger partial charge in [-0.2, -0.15) is 0 Å². The molecule has 0 bridgehead atoms. The minimum absolute atomic E-state index is 0.0144. The van der Waals surface area contributed by atoms with E-state index in [1.807, 2.05) is 0 Å². The van der Waals surface area contributed by atoms with Gasteiger partial charge in [-0.05, 0) is 46.3 Å². The molecule has 2 aromatic carbocycles. The van der Waals surface area contributed by atoms with Gasteiger partial charge in [-0.1, -0.05) is 12.1 Å². The van der Waals surface area contributed by atoms with Gasteiger partial charge in [0, 0.05) is 4.47 Å². The second kappa shape index (κ2) is 7.74. The molecular weight excluding hydrogens is 378 g/mol. The zero-order chi connectivity index (χ0) is 17.7. The molecule has 0 radical (unpaired) electrons. The maximum Gasteiger partial charge on any atom is 0.338 e. The first kappa shape index (κ1) is 17.7. The van der Waals surface area contributed by atoms with E-state index in [9.17, 15) is 14.4 Å². The molecule has 0 aliphatic rings. The predicted octanol–water partition coefficient (Wildman–Crippen LogP) is 3.27. The summed E-state index contributed by atoms with van der Waals surface area (Å²) in [5, 5.41) is 2.68. The molecule has 0 spiro atoms. The van der Waals surface area contributed by atoms with E-state index >= 15 is 0 Å². The first-order chi connectivity index (χ1) is 11.5. The Balaban J connectivity index is 2.44. The Morgan fingerprint density at radius 2 is 1.58 bits per heavy atom. The standard InChI is InChI=1S/C17H14BrNO5/c1-23-16(21)10-7-8-11(17(22)24-2)12(9-10)15(20)19-14-6-4-3-5-13(14)18/h3-9H,1-2H3,(H,19,20). The summed E-state index contributed by atoms with van der Waals surface area (Å²) in [6.07, 6.45) is 0. The highest BCUT2D eigenvalue weighted by molar-refractivity contribution is 9.10. The number of methoxy groups -OCH3 is 2. The first-order valence-electron chi connectivity index (χ1n) is 6.84. The number of carbonyl (C=O) groups excluding carboxylic acids is 3. The molecule has 7 heteroatoms. The lowest BCUT2D eigenvalue weighted by Crippen LogP contribution is -2.18. The van der Waals surface area contributed by atoms with E-state index in [1.54, 1.807) is 24.3 Å². The third kappa shape index (κ3) is 3.80. The molecule has 6 nitrogen and oxygen atoms in total. The molecule has 24 heavy (non-hydrogen) atoms. The highest BCUT2D eigenvalue weighted by Gasteiger charge is 2.21. The molecule has 0 saturated carbocycles. The number of carbonyl (C=O) groups is 3. The third-order valence-corrected chi connectivity index (χ3v) is 3.90.